The zero-order valence-corrected chi connectivity index (χ0v) is 14.9. The van der Waals surface area contributed by atoms with E-state index in [1.807, 2.05) is 0 Å². The molecule has 1 rings (SSSR count). The predicted octanol–water partition coefficient (Wildman–Crippen LogP) is 5.21. The fraction of sp³-hybridized carbons (Fsp3) is 0.643. The van der Waals surface area contributed by atoms with Crippen LogP contribution in [-0.4, -0.2) is 25.7 Å². The van der Waals surface area contributed by atoms with Crippen LogP contribution in [0.3, 0.4) is 0 Å². The Balaban J connectivity index is 2.44. The third-order valence-corrected chi connectivity index (χ3v) is 9.11. The lowest BCUT2D eigenvalue weighted by Gasteiger charge is -2.36. The molecule has 0 aromatic carbocycles. The molecule has 21 heavy (non-hydrogen) atoms. The number of alkyl halides is 3. The smallest absolute Gasteiger partial charge is 0.416 e. The summed E-state index contributed by atoms with van der Waals surface area (Å²) in [7, 11) is -1.76. The number of hydrogen-bond acceptors (Lipinski definition) is 3. The Morgan fingerprint density at radius 2 is 1.81 bits per heavy atom. The van der Waals surface area contributed by atoms with Crippen LogP contribution in [0.5, 0.6) is 0 Å². The Kier molecular flexibility index (Phi) is 5.91. The van der Waals surface area contributed by atoms with E-state index in [9.17, 15) is 13.2 Å². The minimum atomic E-state index is -4.33. The topological polar surface area (TPSA) is 22.1 Å². The molecule has 0 saturated heterocycles. The summed E-state index contributed by atoms with van der Waals surface area (Å²) >= 11 is 1.41. The van der Waals surface area contributed by atoms with Gasteiger partial charge in [-0.2, -0.15) is 13.2 Å². The first-order valence-electron chi connectivity index (χ1n) is 6.73. The van der Waals surface area contributed by atoms with Crippen LogP contribution in [0.1, 0.15) is 26.3 Å². The molecule has 0 aliphatic carbocycles. The van der Waals surface area contributed by atoms with Crippen LogP contribution in [0, 0.1) is 0 Å². The summed E-state index contributed by atoms with van der Waals surface area (Å²) in [6, 6.07) is 2.46. The van der Waals surface area contributed by atoms with E-state index in [1.165, 1.54) is 17.8 Å². The summed E-state index contributed by atoms with van der Waals surface area (Å²) in [5, 5.41) is 0.742. The van der Waals surface area contributed by atoms with Gasteiger partial charge in [0.25, 0.3) is 0 Å². The van der Waals surface area contributed by atoms with Gasteiger partial charge in [-0.15, -0.1) is 11.8 Å². The van der Waals surface area contributed by atoms with Crippen molar-refractivity contribution >= 4 is 20.1 Å². The van der Waals surface area contributed by atoms with Crippen LogP contribution in [0.2, 0.25) is 18.1 Å². The Morgan fingerprint density at radius 1 is 1.19 bits per heavy atom. The molecule has 0 fully saturated rings. The van der Waals surface area contributed by atoms with Crippen LogP contribution in [-0.2, 0) is 10.6 Å². The molecule has 0 aliphatic heterocycles. The molecule has 0 aliphatic rings. The number of thioether (sulfide) groups is 1. The van der Waals surface area contributed by atoms with E-state index >= 15 is 0 Å². The van der Waals surface area contributed by atoms with Gasteiger partial charge in [0.1, 0.15) is 0 Å². The predicted molar refractivity (Wildman–Crippen MR) is 83.1 cm³/mol. The standard InChI is InChI=1S/C14H22F3NOSSi/c1-13(2,3)21(4,5)19-8-9-20-12-7-6-11(10-18-12)14(15,16)17/h6-7,10H,8-9H2,1-5H3. The summed E-state index contributed by atoms with van der Waals surface area (Å²) in [6.45, 7) is 11.4. The van der Waals surface area contributed by atoms with Crippen LogP contribution in [0.15, 0.2) is 23.4 Å². The highest BCUT2D eigenvalue weighted by molar-refractivity contribution is 7.99. The van der Waals surface area contributed by atoms with Crippen molar-refractivity contribution < 1.29 is 17.6 Å². The highest BCUT2D eigenvalue weighted by atomic mass is 32.2. The van der Waals surface area contributed by atoms with Crippen molar-refractivity contribution in [3.05, 3.63) is 23.9 Å². The van der Waals surface area contributed by atoms with Crippen LogP contribution in [0.4, 0.5) is 13.2 Å². The van der Waals surface area contributed by atoms with E-state index in [-0.39, 0.29) is 5.04 Å². The number of halogens is 3. The minimum absolute atomic E-state index is 0.157. The van der Waals surface area contributed by atoms with Gasteiger partial charge in [-0.05, 0) is 30.3 Å². The van der Waals surface area contributed by atoms with Gasteiger partial charge in [0.2, 0.25) is 0 Å². The summed E-state index contributed by atoms with van der Waals surface area (Å²) in [4.78, 5) is 3.83. The van der Waals surface area contributed by atoms with Gasteiger partial charge in [-0.3, -0.25) is 0 Å². The number of hydrogen-bond donors (Lipinski definition) is 0. The molecule has 0 saturated carbocycles. The molecule has 0 radical (unpaired) electrons. The number of aromatic nitrogens is 1. The largest absolute Gasteiger partial charge is 0.417 e. The van der Waals surface area contributed by atoms with Crippen molar-refractivity contribution in [1.29, 1.82) is 0 Å². The van der Waals surface area contributed by atoms with Gasteiger partial charge in [0.05, 0.1) is 10.6 Å². The molecule has 0 bridgehead atoms. The Labute approximate surface area is 129 Å². The van der Waals surface area contributed by atoms with E-state index in [0.717, 1.165) is 12.3 Å². The monoisotopic (exact) mass is 337 g/mol. The second-order valence-electron chi connectivity index (χ2n) is 6.34. The number of rotatable bonds is 5. The highest BCUT2D eigenvalue weighted by Gasteiger charge is 2.36. The minimum Gasteiger partial charge on any atom is -0.416 e. The Bertz CT molecular complexity index is 455. The lowest BCUT2D eigenvalue weighted by atomic mass is 10.2. The first-order chi connectivity index (χ1) is 9.43. The summed E-state index contributed by atoms with van der Waals surface area (Å²) in [6.07, 6.45) is -3.46. The molecule has 120 valence electrons. The molecule has 0 N–H and O–H groups in total. The van der Waals surface area contributed by atoms with Gasteiger partial charge in [0.15, 0.2) is 8.32 Å². The van der Waals surface area contributed by atoms with Crippen molar-refractivity contribution in [1.82, 2.24) is 4.98 Å². The fourth-order valence-corrected chi connectivity index (χ4v) is 3.15. The maximum absolute atomic E-state index is 12.4. The van der Waals surface area contributed by atoms with E-state index in [1.54, 1.807) is 0 Å². The van der Waals surface area contributed by atoms with Gasteiger partial charge >= 0.3 is 6.18 Å². The van der Waals surface area contributed by atoms with Crippen LogP contribution < -0.4 is 0 Å². The van der Waals surface area contributed by atoms with Crippen molar-refractivity contribution in [2.24, 2.45) is 0 Å². The first-order valence-corrected chi connectivity index (χ1v) is 10.6. The lowest BCUT2D eigenvalue weighted by molar-refractivity contribution is -0.137. The highest BCUT2D eigenvalue weighted by Crippen LogP contribution is 2.36. The first kappa shape index (κ1) is 18.5. The van der Waals surface area contributed by atoms with Crippen molar-refractivity contribution in [3.63, 3.8) is 0 Å². The molecular formula is C14H22F3NOSSi. The van der Waals surface area contributed by atoms with Gasteiger partial charge < -0.3 is 4.43 Å². The summed E-state index contributed by atoms with van der Waals surface area (Å²) in [5.41, 5.74) is -0.718. The van der Waals surface area contributed by atoms with Gasteiger partial charge in [-0.25, -0.2) is 4.98 Å². The lowest BCUT2D eigenvalue weighted by Crippen LogP contribution is -2.41. The van der Waals surface area contributed by atoms with Gasteiger partial charge in [0, 0.05) is 18.6 Å². The SMILES string of the molecule is CC(C)(C)[Si](C)(C)OCCSc1ccc(C(F)(F)F)cn1. The van der Waals surface area contributed by atoms with Crippen molar-refractivity contribution in [3.8, 4) is 0 Å². The average molecular weight is 337 g/mol. The van der Waals surface area contributed by atoms with E-state index in [2.05, 4.69) is 38.8 Å². The molecule has 0 unspecified atom stereocenters. The molecule has 0 amide bonds. The molecule has 1 aromatic heterocycles. The second kappa shape index (κ2) is 6.70. The maximum Gasteiger partial charge on any atom is 0.417 e. The number of nitrogens with zero attached hydrogens (tertiary/aromatic N) is 1. The molecule has 2 nitrogen and oxygen atoms in total. The molecular weight excluding hydrogens is 315 g/mol. The van der Waals surface area contributed by atoms with E-state index in [4.69, 9.17) is 4.43 Å². The third-order valence-electron chi connectivity index (χ3n) is 3.67. The van der Waals surface area contributed by atoms with Crippen molar-refractivity contribution in [2.45, 2.75) is 50.1 Å². The quantitative estimate of drug-likeness (QED) is 0.418. The summed E-state index contributed by atoms with van der Waals surface area (Å²) in [5.74, 6) is 0.685. The normalized spacial score (nSPS) is 13.5. The average Bonchev–Trinajstić information content (AvgIpc) is 2.33. The molecule has 1 aromatic rings. The van der Waals surface area contributed by atoms with Crippen LogP contribution in [0.25, 0.3) is 0 Å². The summed E-state index contributed by atoms with van der Waals surface area (Å²) < 4.78 is 43.2. The molecule has 7 heteroatoms. The van der Waals surface area contributed by atoms with Crippen molar-refractivity contribution in [2.75, 3.05) is 12.4 Å². The number of pyridine rings is 1. The molecule has 1 heterocycles. The molecule has 0 atom stereocenters. The fourth-order valence-electron chi connectivity index (χ4n) is 1.29. The van der Waals surface area contributed by atoms with E-state index in [0.29, 0.717) is 17.4 Å². The Hall–Kier alpha value is -0.533. The second-order valence-corrected chi connectivity index (χ2v) is 12.3. The Morgan fingerprint density at radius 3 is 2.24 bits per heavy atom. The molecule has 0 spiro atoms. The van der Waals surface area contributed by atoms with Gasteiger partial charge in [-0.1, -0.05) is 20.8 Å². The zero-order chi connectivity index (χ0) is 16.3. The maximum atomic E-state index is 12.4. The third kappa shape index (κ3) is 5.63. The van der Waals surface area contributed by atoms with E-state index < -0.39 is 20.1 Å². The zero-order valence-electron chi connectivity index (χ0n) is 13.0. The van der Waals surface area contributed by atoms with Crippen LogP contribution >= 0.6 is 11.8 Å².